The van der Waals surface area contributed by atoms with Crippen LogP contribution >= 0.6 is 11.3 Å². The van der Waals surface area contributed by atoms with Crippen LogP contribution in [0.25, 0.3) is 15.7 Å². The summed E-state index contributed by atoms with van der Waals surface area (Å²) in [6.45, 7) is 2.09. The smallest absolute Gasteiger partial charge is 0.291 e. The predicted molar refractivity (Wildman–Crippen MR) is 104 cm³/mol. The molecule has 7 nitrogen and oxygen atoms in total. The number of amides is 1. The van der Waals surface area contributed by atoms with Gasteiger partial charge in [-0.25, -0.2) is 4.68 Å². The summed E-state index contributed by atoms with van der Waals surface area (Å²) in [7, 11) is 1.61. The number of benzene rings is 1. The van der Waals surface area contributed by atoms with Crippen LogP contribution in [0.15, 0.2) is 46.6 Å². The standard InChI is InChI=1S/C19H18N4O3S/c1-12-21-22(18(25)16-9-14-7-8-27-19(14)23(12)16)11-17(24)20-10-13-3-5-15(26-2)6-4-13/h3-9H,10-11H2,1-2H3,(H,20,24). The van der Waals surface area contributed by atoms with Crippen LogP contribution in [-0.4, -0.2) is 27.2 Å². The van der Waals surface area contributed by atoms with Gasteiger partial charge in [-0.3, -0.25) is 14.0 Å². The zero-order chi connectivity index (χ0) is 19.0. The topological polar surface area (TPSA) is 77.6 Å². The molecule has 0 unspecified atom stereocenters. The Morgan fingerprint density at radius 3 is 2.78 bits per heavy atom. The first kappa shape index (κ1) is 17.3. The average molecular weight is 382 g/mol. The van der Waals surface area contributed by atoms with E-state index in [2.05, 4.69) is 10.4 Å². The maximum Gasteiger partial charge on any atom is 0.291 e. The zero-order valence-corrected chi connectivity index (χ0v) is 15.7. The summed E-state index contributed by atoms with van der Waals surface area (Å²) in [5, 5.41) is 10.1. The maximum atomic E-state index is 12.7. The molecule has 0 spiro atoms. The molecule has 0 bridgehead atoms. The van der Waals surface area contributed by atoms with E-state index in [-0.39, 0.29) is 18.0 Å². The molecule has 1 N–H and O–H groups in total. The van der Waals surface area contributed by atoms with Gasteiger partial charge in [-0.05, 0) is 42.1 Å². The molecule has 0 saturated carbocycles. The fourth-order valence-corrected chi connectivity index (χ4v) is 3.99. The van der Waals surface area contributed by atoms with Gasteiger partial charge in [0.25, 0.3) is 5.56 Å². The van der Waals surface area contributed by atoms with Crippen molar-refractivity contribution in [1.82, 2.24) is 19.5 Å². The average Bonchev–Trinajstić information content (AvgIpc) is 3.26. The van der Waals surface area contributed by atoms with Crippen LogP contribution in [0.2, 0.25) is 0 Å². The minimum Gasteiger partial charge on any atom is -0.497 e. The van der Waals surface area contributed by atoms with E-state index in [4.69, 9.17) is 4.74 Å². The zero-order valence-electron chi connectivity index (χ0n) is 14.9. The summed E-state index contributed by atoms with van der Waals surface area (Å²) in [4.78, 5) is 26.0. The first-order valence-electron chi connectivity index (χ1n) is 8.43. The highest BCUT2D eigenvalue weighted by Gasteiger charge is 2.14. The Hall–Kier alpha value is -3.13. The van der Waals surface area contributed by atoms with E-state index in [1.807, 2.05) is 53.1 Å². The fourth-order valence-electron chi connectivity index (χ4n) is 3.04. The molecule has 1 aromatic carbocycles. The molecule has 138 valence electrons. The molecule has 0 saturated heterocycles. The van der Waals surface area contributed by atoms with Crippen molar-refractivity contribution >= 4 is 33.0 Å². The summed E-state index contributed by atoms with van der Waals surface area (Å²) in [5.41, 5.74) is 1.21. The second-order valence-electron chi connectivity index (χ2n) is 6.18. The lowest BCUT2D eigenvalue weighted by Gasteiger charge is -2.09. The van der Waals surface area contributed by atoms with Gasteiger partial charge in [-0.15, -0.1) is 11.3 Å². The number of nitrogens with zero attached hydrogens (tertiary/aromatic N) is 3. The maximum absolute atomic E-state index is 12.7. The van der Waals surface area contributed by atoms with Gasteiger partial charge >= 0.3 is 0 Å². The number of aryl methyl sites for hydroxylation is 1. The molecular formula is C19H18N4O3S. The Bertz CT molecular complexity index is 1190. The van der Waals surface area contributed by atoms with E-state index in [9.17, 15) is 9.59 Å². The van der Waals surface area contributed by atoms with Crippen LogP contribution in [0.5, 0.6) is 5.75 Å². The molecular weight excluding hydrogens is 364 g/mol. The van der Waals surface area contributed by atoms with Crippen molar-refractivity contribution in [3.05, 3.63) is 63.5 Å². The quantitative estimate of drug-likeness (QED) is 0.575. The number of hydrogen-bond acceptors (Lipinski definition) is 5. The monoisotopic (exact) mass is 382 g/mol. The van der Waals surface area contributed by atoms with E-state index in [1.165, 1.54) is 4.68 Å². The summed E-state index contributed by atoms with van der Waals surface area (Å²) < 4.78 is 8.18. The SMILES string of the molecule is COc1ccc(CNC(=O)Cn2nc(C)n3c(cc4ccsc43)c2=O)cc1. The van der Waals surface area contributed by atoms with Crippen molar-refractivity contribution < 1.29 is 9.53 Å². The van der Waals surface area contributed by atoms with E-state index < -0.39 is 0 Å². The summed E-state index contributed by atoms with van der Waals surface area (Å²) >= 11 is 1.56. The van der Waals surface area contributed by atoms with Crippen LogP contribution in [0.4, 0.5) is 0 Å². The Labute approximate surface area is 158 Å². The third kappa shape index (κ3) is 3.19. The number of fused-ring (bicyclic) bond motifs is 3. The van der Waals surface area contributed by atoms with Crippen molar-refractivity contribution in [3.63, 3.8) is 0 Å². The predicted octanol–water partition coefficient (Wildman–Crippen LogP) is 2.34. The molecule has 0 aliphatic heterocycles. The van der Waals surface area contributed by atoms with Gasteiger partial charge in [0.2, 0.25) is 5.91 Å². The molecule has 4 rings (SSSR count). The van der Waals surface area contributed by atoms with E-state index in [1.54, 1.807) is 18.4 Å². The molecule has 0 radical (unpaired) electrons. The minimum atomic E-state index is -0.274. The van der Waals surface area contributed by atoms with Crippen LogP contribution in [-0.2, 0) is 17.9 Å². The minimum absolute atomic E-state index is 0.120. The first-order valence-corrected chi connectivity index (χ1v) is 9.31. The molecule has 0 atom stereocenters. The van der Waals surface area contributed by atoms with Crippen molar-refractivity contribution in [3.8, 4) is 5.75 Å². The molecule has 3 aromatic heterocycles. The largest absolute Gasteiger partial charge is 0.497 e. The molecule has 3 heterocycles. The number of nitrogens with one attached hydrogen (secondary N) is 1. The highest BCUT2D eigenvalue weighted by molar-refractivity contribution is 7.16. The second-order valence-corrected chi connectivity index (χ2v) is 7.08. The van der Waals surface area contributed by atoms with Gasteiger partial charge in [0.1, 0.15) is 28.5 Å². The normalized spacial score (nSPS) is 11.2. The van der Waals surface area contributed by atoms with Crippen LogP contribution < -0.4 is 15.6 Å². The Morgan fingerprint density at radius 2 is 2.04 bits per heavy atom. The highest BCUT2D eigenvalue weighted by atomic mass is 32.1. The van der Waals surface area contributed by atoms with Crippen molar-refractivity contribution in [2.45, 2.75) is 20.0 Å². The number of thiophene rings is 1. The molecule has 8 heteroatoms. The van der Waals surface area contributed by atoms with Gasteiger partial charge in [-0.2, -0.15) is 5.10 Å². The Kier molecular flexibility index (Phi) is 4.41. The van der Waals surface area contributed by atoms with Crippen molar-refractivity contribution in [1.29, 1.82) is 0 Å². The number of carbonyl (C=O) groups is 1. The van der Waals surface area contributed by atoms with E-state index in [0.717, 1.165) is 21.5 Å². The summed E-state index contributed by atoms with van der Waals surface area (Å²) in [6, 6.07) is 11.2. The number of hydrogen-bond donors (Lipinski definition) is 1. The lowest BCUT2D eigenvalue weighted by Crippen LogP contribution is -2.34. The van der Waals surface area contributed by atoms with Gasteiger partial charge in [0.15, 0.2) is 0 Å². The Morgan fingerprint density at radius 1 is 1.26 bits per heavy atom. The van der Waals surface area contributed by atoms with E-state index >= 15 is 0 Å². The van der Waals surface area contributed by atoms with Gasteiger partial charge < -0.3 is 10.1 Å². The summed E-state index contributed by atoms with van der Waals surface area (Å²) in [5.74, 6) is 1.17. The van der Waals surface area contributed by atoms with Crippen LogP contribution in [0.1, 0.15) is 11.4 Å². The molecule has 4 aromatic rings. The molecule has 0 aliphatic rings. The first-order chi connectivity index (χ1) is 13.1. The third-order valence-electron chi connectivity index (χ3n) is 4.40. The van der Waals surface area contributed by atoms with Crippen LogP contribution in [0, 0.1) is 6.92 Å². The molecule has 0 aliphatic carbocycles. The van der Waals surface area contributed by atoms with Crippen LogP contribution in [0.3, 0.4) is 0 Å². The molecule has 27 heavy (non-hydrogen) atoms. The lowest BCUT2D eigenvalue weighted by molar-refractivity contribution is -0.122. The lowest BCUT2D eigenvalue weighted by atomic mass is 10.2. The number of ether oxygens (including phenoxy) is 1. The van der Waals surface area contributed by atoms with Gasteiger partial charge in [0.05, 0.1) is 7.11 Å². The number of aromatic nitrogens is 3. The fraction of sp³-hybridized carbons (Fsp3) is 0.211. The number of rotatable bonds is 5. The number of methoxy groups -OCH3 is 1. The van der Waals surface area contributed by atoms with E-state index in [0.29, 0.717) is 17.9 Å². The van der Waals surface area contributed by atoms with Gasteiger partial charge in [-0.1, -0.05) is 12.1 Å². The highest BCUT2D eigenvalue weighted by Crippen LogP contribution is 2.24. The van der Waals surface area contributed by atoms with Crippen molar-refractivity contribution in [2.75, 3.05) is 7.11 Å². The Balaban J connectivity index is 1.53. The second kappa shape index (κ2) is 6.88. The molecule has 0 fully saturated rings. The molecule has 1 amide bonds. The summed E-state index contributed by atoms with van der Waals surface area (Å²) in [6.07, 6.45) is 0. The number of carbonyl (C=O) groups excluding carboxylic acids is 1. The van der Waals surface area contributed by atoms with Gasteiger partial charge in [0, 0.05) is 11.9 Å². The van der Waals surface area contributed by atoms with Crippen molar-refractivity contribution in [2.24, 2.45) is 0 Å². The third-order valence-corrected chi connectivity index (χ3v) is 5.31.